The minimum atomic E-state index is 0. The lowest BCUT2D eigenvalue weighted by Gasteiger charge is -2.33. The molecule has 1 aromatic carbocycles. The Balaban J connectivity index is 0.00000289. The zero-order chi connectivity index (χ0) is 21.6. The number of rotatable bonds is 5. The Hall–Kier alpha value is -2.40. The van der Waals surface area contributed by atoms with Crippen LogP contribution in [0.5, 0.6) is 0 Å². The number of hydrogen-bond acceptors (Lipinski definition) is 5. The largest absolute Gasteiger partial charge is 0.356 e. The van der Waals surface area contributed by atoms with E-state index in [4.69, 9.17) is 0 Å². The number of hydrogen-bond donors (Lipinski definition) is 3. The monoisotopic (exact) mass is 549 g/mol. The molecule has 2 aliphatic rings. The van der Waals surface area contributed by atoms with Crippen molar-refractivity contribution < 1.29 is 4.79 Å². The van der Waals surface area contributed by atoms with E-state index in [1.165, 1.54) is 0 Å². The molecule has 32 heavy (non-hydrogen) atoms. The zero-order valence-electron chi connectivity index (χ0n) is 18.7. The topological polar surface area (TPSA) is 84.9 Å². The van der Waals surface area contributed by atoms with E-state index in [0.29, 0.717) is 25.5 Å². The van der Waals surface area contributed by atoms with E-state index in [2.05, 4.69) is 61.0 Å². The second-order valence-corrected chi connectivity index (χ2v) is 8.16. The Bertz CT molecular complexity index is 926. The van der Waals surface area contributed by atoms with E-state index in [1.54, 1.807) is 7.05 Å². The number of fused-ring (bicyclic) bond motifs is 1. The van der Waals surface area contributed by atoms with Gasteiger partial charge in [0.25, 0.3) is 0 Å². The number of guanidine groups is 1. The van der Waals surface area contributed by atoms with Crippen LogP contribution in [0.2, 0.25) is 0 Å². The summed E-state index contributed by atoms with van der Waals surface area (Å²) in [7, 11) is 3.91. The number of likely N-dealkylation sites (N-methyl/N-ethyl adjacent to an activating group) is 1. The van der Waals surface area contributed by atoms with Crippen molar-refractivity contribution in [1.29, 1.82) is 0 Å². The molecule has 1 amide bonds. The van der Waals surface area contributed by atoms with Crippen molar-refractivity contribution in [3.05, 3.63) is 53.7 Å². The lowest BCUT2D eigenvalue weighted by molar-refractivity contribution is -0.116. The van der Waals surface area contributed by atoms with Gasteiger partial charge >= 0.3 is 0 Å². The fourth-order valence-electron chi connectivity index (χ4n) is 4.05. The lowest BCUT2D eigenvalue weighted by atomic mass is 9.90. The first kappa shape index (κ1) is 24.2. The highest BCUT2D eigenvalue weighted by Gasteiger charge is 2.24. The third-order valence-electron chi connectivity index (χ3n) is 5.94. The Labute approximate surface area is 206 Å². The van der Waals surface area contributed by atoms with Gasteiger partial charge in [0.15, 0.2) is 5.96 Å². The van der Waals surface area contributed by atoms with Gasteiger partial charge < -0.3 is 25.8 Å². The average molecular weight is 549 g/mol. The molecule has 0 radical (unpaired) electrons. The van der Waals surface area contributed by atoms with Gasteiger partial charge in [-0.15, -0.1) is 24.0 Å². The van der Waals surface area contributed by atoms with Crippen molar-refractivity contribution in [2.75, 3.05) is 57.0 Å². The van der Waals surface area contributed by atoms with Crippen LogP contribution in [-0.4, -0.2) is 68.6 Å². The molecule has 0 bridgehead atoms. The number of aromatic nitrogens is 1. The van der Waals surface area contributed by atoms with Crippen LogP contribution in [0.25, 0.3) is 0 Å². The van der Waals surface area contributed by atoms with Crippen molar-refractivity contribution in [3.63, 3.8) is 0 Å². The number of amides is 1. The highest BCUT2D eigenvalue weighted by atomic mass is 127. The highest BCUT2D eigenvalue weighted by Crippen LogP contribution is 2.31. The number of halogens is 1. The molecule has 1 fully saturated rings. The SMILES string of the molecule is CN=C(NCc1ccc(N2CCN(C)CC2)nc1)NCC1CC(=O)Nc2ccccc21.I. The Morgan fingerprint density at radius 3 is 2.66 bits per heavy atom. The van der Waals surface area contributed by atoms with E-state index < -0.39 is 0 Å². The van der Waals surface area contributed by atoms with Gasteiger partial charge in [0, 0.05) is 70.5 Å². The summed E-state index contributed by atoms with van der Waals surface area (Å²) in [5.74, 6) is 1.92. The van der Waals surface area contributed by atoms with Crippen LogP contribution in [-0.2, 0) is 11.3 Å². The van der Waals surface area contributed by atoms with Gasteiger partial charge in [-0.25, -0.2) is 4.98 Å². The van der Waals surface area contributed by atoms with Gasteiger partial charge in [-0.1, -0.05) is 24.3 Å². The zero-order valence-corrected chi connectivity index (χ0v) is 21.0. The molecule has 1 unspecified atom stereocenters. The van der Waals surface area contributed by atoms with Gasteiger partial charge in [-0.2, -0.15) is 0 Å². The number of aliphatic imine (C=N–C) groups is 1. The first-order valence-corrected chi connectivity index (χ1v) is 10.8. The van der Waals surface area contributed by atoms with Gasteiger partial charge in [-0.05, 0) is 30.3 Å². The number of piperazine rings is 1. The number of benzene rings is 1. The van der Waals surface area contributed by atoms with Crippen LogP contribution in [0.3, 0.4) is 0 Å². The number of pyridine rings is 1. The van der Waals surface area contributed by atoms with Crippen LogP contribution in [0, 0.1) is 0 Å². The molecule has 2 aliphatic heterocycles. The Morgan fingerprint density at radius 1 is 1.16 bits per heavy atom. The molecule has 3 heterocycles. The lowest BCUT2D eigenvalue weighted by Crippen LogP contribution is -2.44. The van der Waals surface area contributed by atoms with Crippen molar-refractivity contribution in [1.82, 2.24) is 20.5 Å². The summed E-state index contributed by atoms with van der Waals surface area (Å²) in [4.78, 5) is 25.7. The maximum absolute atomic E-state index is 12.0. The van der Waals surface area contributed by atoms with Crippen LogP contribution in [0.4, 0.5) is 11.5 Å². The predicted octanol–water partition coefficient (Wildman–Crippen LogP) is 2.24. The van der Waals surface area contributed by atoms with E-state index in [0.717, 1.165) is 48.8 Å². The van der Waals surface area contributed by atoms with E-state index in [9.17, 15) is 4.79 Å². The van der Waals surface area contributed by atoms with E-state index >= 15 is 0 Å². The standard InChI is InChI=1S/C23H31N7O.HI/c1-24-23(27-16-18-13-22(31)28-20-6-4-3-5-19(18)20)26-15-17-7-8-21(25-14-17)30-11-9-29(2)10-12-30;/h3-8,14,18H,9-13,15-16H2,1-2H3,(H,28,31)(H2,24,26,27);1H. The smallest absolute Gasteiger partial charge is 0.225 e. The summed E-state index contributed by atoms with van der Waals surface area (Å²) in [6.07, 6.45) is 2.40. The fraction of sp³-hybridized carbons (Fsp3) is 0.435. The molecule has 0 saturated carbocycles. The molecule has 1 atom stereocenters. The van der Waals surface area contributed by atoms with Crippen molar-refractivity contribution in [2.24, 2.45) is 4.99 Å². The quantitative estimate of drug-likeness (QED) is 0.302. The van der Waals surface area contributed by atoms with Crippen LogP contribution in [0.15, 0.2) is 47.6 Å². The third kappa shape index (κ3) is 6.10. The van der Waals surface area contributed by atoms with Crippen LogP contribution >= 0.6 is 24.0 Å². The van der Waals surface area contributed by atoms with Crippen LogP contribution in [0.1, 0.15) is 23.5 Å². The van der Waals surface area contributed by atoms with Gasteiger partial charge in [-0.3, -0.25) is 9.79 Å². The average Bonchev–Trinajstić information content (AvgIpc) is 2.80. The molecule has 2 aromatic rings. The molecule has 3 N–H and O–H groups in total. The van der Waals surface area contributed by atoms with Gasteiger partial charge in [0.05, 0.1) is 0 Å². The van der Waals surface area contributed by atoms with Crippen molar-refractivity contribution >= 4 is 47.3 Å². The number of nitrogens with zero attached hydrogens (tertiary/aromatic N) is 4. The molecule has 9 heteroatoms. The number of anilines is 2. The Morgan fingerprint density at radius 2 is 1.94 bits per heavy atom. The first-order valence-electron chi connectivity index (χ1n) is 10.8. The van der Waals surface area contributed by atoms with E-state index in [1.807, 2.05) is 24.4 Å². The van der Waals surface area contributed by atoms with Gasteiger partial charge in [0.1, 0.15) is 5.82 Å². The molecule has 4 rings (SSSR count). The summed E-state index contributed by atoms with van der Waals surface area (Å²) in [6, 6.07) is 12.2. The maximum Gasteiger partial charge on any atom is 0.225 e. The summed E-state index contributed by atoms with van der Waals surface area (Å²) in [5, 5.41) is 9.65. The minimum absolute atomic E-state index is 0. The second kappa shape index (κ2) is 11.5. The fourth-order valence-corrected chi connectivity index (χ4v) is 4.05. The summed E-state index contributed by atoms with van der Waals surface area (Å²) in [5.41, 5.74) is 3.16. The highest BCUT2D eigenvalue weighted by molar-refractivity contribution is 14.0. The van der Waals surface area contributed by atoms with Crippen molar-refractivity contribution in [3.8, 4) is 0 Å². The normalized spacial score (nSPS) is 18.9. The van der Waals surface area contributed by atoms with Gasteiger partial charge in [0.2, 0.25) is 5.91 Å². The molecule has 8 nitrogen and oxygen atoms in total. The summed E-state index contributed by atoms with van der Waals surface area (Å²) < 4.78 is 0. The molecule has 172 valence electrons. The second-order valence-electron chi connectivity index (χ2n) is 8.16. The number of carbonyl (C=O) groups excluding carboxylic acids is 1. The number of nitrogens with one attached hydrogen (secondary N) is 3. The van der Waals surface area contributed by atoms with E-state index in [-0.39, 0.29) is 35.8 Å². The minimum Gasteiger partial charge on any atom is -0.356 e. The molecule has 0 aliphatic carbocycles. The molecular weight excluding hydrogens is 517 g/mol. The third-order valence-corrected chi connectivity index (χ3v) is 5.94. The summed E-state index contributed by atoms with van der Waals surface area (Å²) in [6.45, 7) is 5.45. The first-order chi connectivity index (χ1) is 15.1. The Kier molecular flexibility index (Phi) is 8.68. The molecule has 1 aromatic heterocycles. The predicted molar refractivity (Wildman–Crippen MR) is 140 cm³/mol. The molecule has 0 spiro atoms. The maximum atomic E-state index is 12.0. The number of carbonyl (C=O) groups is 1. The van der Waals surface area contributed by atoms with Crippen LogP contribution < -0.4 is 20.9 Å². The van der Waals surface area contributed by atoms with Crippen molar-refractivity contribution in [2.45, 2.75) is 18.9 Å². The number of para-hydroxylation sites is 1. The molecule has 1 saturated heterocycles. The summed E-state index contributed by atoms with van der Waals surface area (Å²) >= 11 is 0. The molecular formula is C23H32IN7O.